The second kappa shape index (κ2) is 15.6. The van der Waals surface area contributed by atoms with Gasteiger partial charge in [-0.05, 0) is 104 Å². The Balaban J connectivity index is 1.35. The first-order valence-corrected chi connectivity index (χ1v) is 16.4. The minimum absolute atomic E-state index is 0.181. The van der Waals surface area contributed by atoms with Crippen molar-refractivity contribution < 1.29 is 19.1 Å². The van der Waals surface area contributed by atoms with E-state index in [1.807, 2.05) is 80.3 Å². The van der Waals surface area contributed by atoms with Crippen molar-refractivity contribution in [1.82, 2.24) is 14.8 Å². The largest absolute Gasteiger partial charge is 0.497 e. The van der Waals surface area contributed by atoms with Crippen molar-refractivity contribution in [3.8, 4) is 16.9 Å². The highest BCUT2D eigenvalue weighted by Crippen LogP contribution is 2.28. The van der Waals surface area contributed by atoms with Crippen LogP contribution in [0.2, 0.25) is 0 Å². The summed E-state index contributed by atoms with van der Waals surface area (Å²) in [7, 11) is 1.61. The molecular weight excluding hydrogens is 588 g/mol. The van der Waals surface area contributed by atoms with E-state index in [2.05, 4.69) is 40.6 Å². The smallest absolute Gasteiger partial charge is 0.410 e. The monoisotopic (exact) mass is 634 g/mol. The highest BCUT2D eigenvalue weighted by atomic mass is 16.6. The first-order valence-electron chi connectivity index (χ1n) is 16.4. The molecule has 1 aliphatic rings. The van der Waals surface area contributed by atoms with Crippen LogP contribution in [-0.4, -0.2) is 45.7 Å². The van der Waals surface area contributed by atoms with Crippen molar-refractivity contribution in [3.05, 3.63) is 114 Å². The zero-order chi connectivity index (χ0) is 33.2. The van der Waals surface area contributed by atoms with Crippen molar-refractivity contribution in [2.75, 3.05) is 12.4 Å². The third-order valence-corrected chi connectivity index (χ3v) is 8.28. The highest BCUT2D eigenvalue weighted by Gasteiger charge is 2.29. The topological polar surface area (TPSA) is 84.0 Å². The van der Waals surface area contributed by atoms with Crippen LogP contribution in [0.3, 0.4) is 0 Å². The molecule has 0 spiro atoms. The van der Waals surface area contributed by atoms with Gasteiger partial charge in [-0.15, -0.1) is 0 Å². The van der Waals surface area contributed by atoms with Gasteiger partial charge in [0.2, 0.25) is 0 Å². The van der Waals surface area contributed by atoms with Crippen LogP contribution < -0.4 is 10.1 Å². The Bertz CT molecular complexity index is 1610. The number of ether oxygens (including phenoxy) is 2. The molecule has 1 saturated carbocycles. The molecule has 5 rings (SSSR count). The second-order valence-electron chi connectivity index (χ2n) is 13.2. The summed E-state index contributed by atoms with van der Waals surface area (Å²) in [5.41, 5.74) is 5.23. The number of nitrogens with one attached hydrogen (secondary N) is 1. The fraction of sp³-hybridized carbons (Fsp3) is 0.359. The van der Waals surface area contributed by atoms with Crippen LogP contribution in [0.4, 0.5) is 15.3 Å². The van der Waals surface area contributed by atoms with E-state index < -0.39 is 5.60 Å². The summed E-state index contributed by atoms with van der Waals surface area (Å²) in [5.74, 6) is 0.725. The van der Waals surface area contributed by atoms with Gasteiger partial charge in [0.25, 0.3) is 0 Å². The lowest BCUT2D eigenvalue weighted by Gasteiger charge is -2.35. The molecule has 1 N–H and O–H groups in total. The quantitative estimate of drug-likeness (QED) is 0.188. The SMILES string of the molecule is COc1ccc(NC(=O)N(Cc2cccnc2)Cc2cccc(-c3cccc(CN(C(=O)OC(C)(C)C)C4CCCCC4)c3)c2)cc1. The summed E-state index contributed by atoms with van der Waals surface area (Å²) in [6, 6.07) is 27.7. The Morgan fingerprint density at radius 2 is 1.43 bits per heavy atom. The molecule has 0 unspecified atom stereocenters. The molecule has 0 saturated heterocycles. The van der Waals surface area contributed by atoms with E-state index in [-0.39, 0.29) is 18.2 Å². The molecule has 3 amide bonds. The Labute approximate surface area is 278 Å². The van der Waals surface area contributed by atoms with E-state index in [4.69, 9.17) is 9.47 Å². The fourth-order valence-corrected chi connectivity index (χ4v) is 5.96. The molecule has 1 aromatic heterocycles. The molecule has 0 bridgehead atoms. The molecule has 47 heavy (non-hydrogen) atoms. The first-order chi connectivity index (χ1) is 22.7. The second-order valence-corrected chi connectivity index (χ2v) is 13.2. The standard InChI is InChI=1S/C39H46N4O4/c1-39(2,3)47-38(45)43(35-16-6-5-7-17-35)28-30-12-9-15-33(24-30)32-14-8-11-29(23-32)26-42(27-31-13-10-22-40-25-31)37(44)41-34-18-20-36(46-4)21-19-34/h8-15,18-25,35H,5-7,16-17,26-28H2,1-4H3,(H,41,44). The number of carbonyl (C=O) groups is 2. The van der Waals surface area contributed by atoms with E-state index >= 15 is 0 Å². The molecule has 246 valence electrons. The lowest BCUT2D eigenvalue weighted by atomic mass is 9.94. The predicted octanol–water partition coefficient (Wildman–Crippen LogP) is 9.06. The van der Waals surface area contributed by atoms with E-state index in [0.29, 0.717) is 25.3 Å². The van der Waals surface area contributed by atoms with Crippen molar-refractivity contribution in [2.45, 2.75) is 84.2 Å². The van der Waals surface area contributed by atoms with Crippen molar-refractivity contribution in [2.24, 2.45) is 0 Å². The van der Waals surface area contributed by atoms with Gasteiger partial charge < -0.3 is 24.6 Å². The number of urea groups is 1. The van der Waals surface area contributed by atoms with Crippen LogP contribution in [0.15, 0.2) is 97.3 Å². The number of amides is 3. The minimum atomic E-state index is -0.553. The fourth-order valence-electron chi connectivity index (χ4n) is 5.96. The molecule has 8 nitrogen and oxygen atoms in total. The molecule has 0 radical (unpaired) electrons. The number of nitrogens with zero attached hydrogens (tertiary/aromatic N) is 3. The van der Waals surface area contributed by atoms with Crippen LogP contribution >= 0.6 is 0 Å². The molecule has 0 aliphatic heterocycles. The Morgan fingerprint density at radius 1 is 0.809 bits per heavy atom. The molecule has 0 atom stereocenters. The maximum absolute atomic E-state index is 13.6. The van der Waals surface area contributed by atoms with Crippen LogP contribution in [0.5, 0.6) is 5.75 Å². The number of pyridine rings is 1. The summed E-state index contributed by atoms with van der Waals surface area (Å²) in [6.45, 7) is 7.04. The van der Waals surface area contributed by atoms with Gasteiger partial charge >= 0.3 is 12.1 Å². The number of hydrogen-bond acceptors (Lipinski definition) is 5. The van der Waals surface area contributed by atoms with Crippen molar-refractivity contribution in [3.63, 3.8) is 0 Å². The Morgan fingerprint density at radius 3 is 2.02 bits per heavy atom. The molecule has 8 heteroatoms. The number of anilines is 1. The van der Waals surface area contributed by atoms with Gasteiger partial charge in [0.15, 0.2) is 0 Å². The van der Waals surface area contributed by atoms with Gasteiger partial charge in [-0.25, -0.2) is 9.59 Å². The number of benzene rings is 3. The van der Waals surface area contributed by atoms with Crippen LogP contribution in [0.1, 0.15) is 69.6 Å². The third-order valence-electron chi connectivity index (χ3n) is 8.28. The summed E-state index contributed by atoms with van der Waals surface area (Å²) in [5, 5.41) is 3.02. The Hall–Kier alpha value is -4.85. The van der Waals surface area contributed by atoms with E-state index in [9.17, 15) is 9.59 Å². The van der Waals surface area contributed by atoms with Crippen LogP contribution in [-0.2, 0) is 24.4 Å². The maximum Gasteiger partial charge on any atom is 0.410 e. The lowest BCUT2D eigenvalue weighted by molar-refractivity contribution is 0.00988. The number of rotatable bonds is 10. The predicted molar refractivity (Wildman–Crippen MR) is 186 cm³/mol. The Kier molecular flexibility index (Phi) is 11.1. The maximum atomic E-state index is 13.6. The summed E-state index contributed by atoms with van der Waals surface area (Å²) >= 11 is 0. The van der Waals surface area contributed by atoms with Gasteiger partial charge in [0.05, 0.1) is 7.11 Å². The molecule has 4 aromatic rings. The molecular formula is C39H46N4O4. The van der Waals surface area contributed by atoms with Crippen LogP contribution in [0.25, 0.3) is 11.1 Å². The van der Waals surface area contributed by atoms with E-state index in [1.54, 1.807) is 24.4 Å². The number of methoxy groups -OCH3 is 1. The number of aromatic nitrogens is 1. The van der Waals surface area contributed by atoms with Gasteiger partial charge in [-0.3, -0.25) is 4.98 Å². The van der Waals surface area contributed by atoms with Gasteiger partial charge in [-0.2, -0.15) is 0 Å². The van der Waals surface area contributed by atoms with Crippen molar-refractivity contribution >= 4 is 17.8 Å². The molecule has 1 heterocycles. The van der Waals surface area contributed by atoms with Gasteiger partial charge in [0, 0.05) is 43.8 Å². The van der Waals surface area contributed by atoms with E-state index in [1.165, 1.54) is 6.42 Å². The average Bonchev–Trinajstić information content (AvgIpc) is 3.07. The third kappa shape index (κ3) is 9.82. The zero-order valence-electron chi connectivity index (χ0n) is 27.9. The molecule has 1 fully saturated rings. The highest BCUT2D eigenvalue weighted by molar-refractivity contribution is 5.89. The normalized spacial score (nSPS) is 13.4. The van der Waals surface area contributed by atoms with E-state index in [0.717, 1.165) is 59.3 Å². The summed E-state index contributed by atoms with van der Waals surface area (Å²) < 4.78 is 11.1. The first kappa shape index (κ1) is 33.5. The molecule has 1 aliphatic carbocycles. The zero-order valence-corrected chi connectivity index (χ0v) is 27.9. The number of hydrogen-bond donors (Lipinski definition) is 1. The average molecular weight is 635 g/mol. The van der Waals surface area contributed by atoms with Crippen LogP contribution in [0, 0.1) is 0 Å². The minimum Gasteiger partial charge on any atom is -0.497 e. The lowest BCUT2D eigenvalue weighted by Crippen LogP contribution is -2.43. The summed E-state index contributed by atoms with van der Waals surface area (Å²) in [4.78, 5) is 34.9. The number of carbonyl (C=O) groups excluding carboxylic acids is 2. The van der Waals surface area contributed by atoms with Gasteiger partial charge in [0.1, 0.15) is 11.4 Å². The van der Waals surface area contributed by atoms with Gasteiger partial charge in [-0.1, -0.05) is 61.7 Å². The van der Waals surface area contributed by atoms with Crippen molar-refractivity contribution in [1.29, 1.82) is 0 Å². The summed E-state index contributed by atoms with van der Waals surface area (Å²) in [6.07, 6.45) is 8.74. The molecule has 3 aromatic carbocycles.